The molecule has 0 aliphatic carbocycles. The van der Waals surface area contributed by atoms with Crippen molar-refractivity contribution in [2.45, 2.75) is 25.8 Å². The minimum atomic E-state index is -0.154. The van der Waals surface area contributed by atoms with E-state index in [1.807, 2.05) is 54.6 Å². The molecular weight excluding hydrogens is 442 g/mol. The molecule has 0 aliphatic heterocycles. The molecule has 0 unspecified atom stereocenters. The number of nitrogens with zero attached hydrogens (tertiary/aromatic N) is 2. The summed E-state index contributed by atoms with van der Waals surface area (Å²) in [6, 6.07) is 23.0. The molecule has 0 spiro atoms. The van der Waals surface area contributed by atoms with Crippen LogP contribution < -0.4 is 19.5 Å². The van der Waals surface area contributed by atoms with E-state index in [-0.39, 0.29) is 5.91 Å². The number of nitrogens with one attached hydrogen (secondary N) is 1. The van der Waals surface area contributed by atoms with Gasteiger partial charge in [0.1, 0.15) is 11.6 Å². The standard InChI is InChI=1S/C28H31N3O4/c1-33-24-14-6-3-11-21(24)28(32)29-18-17-27-30-22-12-4-5-13-23(22)31(27)19-9-10-20-35-26-16-8-7-15-25(26)34-2/h3-8,11-16H,9-10,17-20H2,1-2H3,(H,29,32). The van der Waals surface area contributed by atoms with Crippen molar-refractivity contribution in [1.29, 1.82) is 0 Å². The minimum absolute atomic E-state index is 0.154. The van der Waals surface area contributed by atoms with Crippen LogP contribution in [0.15, 0.2) is 72.8 Å². The molecule has 1 heterocycles. The fourth-order valence-electron chi connectivity index (χ4n) is 4.07. The van der Waals surface area contributed by atoms with Gasteiger partial charge in [-0.3, -0.25) is 4.79 Å². The number of imidazole rings is 1. The van der Waals surface area contributed by atoms with Gasteiger partial charge in [-0.2, -0.15) is 0 Å². The molecule has 0 saturated carbocycles. The van der Waals surface area contributed by atoms with Gasteiger partial charge in [-0.05, 0) is 49.2 Å². The van der Waals surface area contributed by atoms with Crippen LogP contribution in [0.5, 0.6) is 17.2 Å². The molecule has 0 bridgehead atoms. The van der Waals surface area contributed by atoms with Gasteiger partial charge in [-0.15, -0.1) is 0 Å². The van der Waals surface area contributed by atoms with Gasteiger partial charge in [0.15, 0.2) is 11.5 Å². The second-order valence-corrected chi connectivity index (χ2v) is 8.08. The molecule has 3 aromatic carbocycles. The van der Waals surface area contributed by atoms with E-state index in [9.17, 15) is 4.79 Å². The zero-order chi connectivity index (χ0) is 24.5. The molecule has 182 valence electrons. The fourth-order valence-corrected chi connectivity index (χ4v) is 4.07. The minimum Gasteiger partial charge on any atom is -0.496 e. The summed E-state index contributed by atoms with van der Waals surface area (Å²) in [6.07, 6.45) is 2.47. The smallest absolute Gasteiger partial charge is 0.255 e. The van der Waals surface area contributed by atoms with E-state index < -0.39 is 0 Å². The van der Waals surface area contributed by atoms with Gasteiger partial charge in [-0.1, -0.05) is 36.4 Å². The Morgan fingerprint density at radius 1 is 0.857 bits per heavy atom. The van der Waals surface area contributed by atoms with Crippen molar-refractivity contribution in [2.75, 3.05) is 27.4 Å². The van der Waals surface area contributed by atoms with Crippen LogP contribution in [0.25, 0.3) is 11.0 Å². The van der Waals surface area contributed by atoms with Crippen LogP contribution >= 0.6 is 0 Å². The van der Waals surface area contributed by atoms with Gasteiger partial charge in [0, 0.05) is 19.5 Å². The van der Waals surface area contributed by atoms with E-state index in [2.05, 4.69) is 16.0 Å². The second kappa shape index (κ2) is 11.9. The average molecular weight is 474 g/mol. The van der Waals surface area contributed by atoms with Gasteiger partial charge in [0.2, 0.25) is 0 Å². The summed E-state index contributed by atoms with van der Waals surface area (Å²) >= 11 is 0. The Bertz CT molecular complexity index is 1270. The van der Waals surface area contributed by atoms with Crippen LogP contribution in [0.1, 0.15) is 29.0 Å². The molecule has 4 aromatic rings. The number of fused-ring (bicyclic) bond motifs is 1. The molecule has 0 fully saturated rings. The second-order valence-electron chi connectivity index (χ2n) is 8.08. The number of amides is 1. The number of para-hydroxylation sites is 5. The number of benzene rings is 3. The number of carbonyl (C=O) groups is 1. The molecule has 35 heavy (non-hydrogen) atoms. The Labute approximate surface area is 205 Å². The van der Waals surface area contributed by atoms with Crippen LogP contribution in [0.4, 0.5) is 0 Å². The molecule has 0 atom stereocenters. The lowest BCUT2D eigenvalue weighted by Gasteiger charge is -2.12. The molecule has 4 rings (SSSR count). The SMILES string of the molecule is COc1ccccc1OCCCCn1c(CCNC(=O)c2ccccc2OC)nc2ccccc21. The van der Waals surface area contributed by atoms with Crippen molar-refractivity contribution in [3.63, 3.8) is 0 Å². The number of methoxy groups -OCH3 is 2. The maximum Gasteiger partial charge on any atom is 0.255 e. The van der Waals surface area contributed by atoms with E-state index >= 15 is 0 Å². The predicted octanol–water partition coefficient (Wildman–Crippen LogP) is 4.89. The molecule has 7 nitrogen and oxygen atoms in total. The van der Waals surface area contributed by atoms with E-state index in [4.69, 9.17) is 19.2 Å². The summed E-state index contributed by atoms with van der Waals surface area (Å²) in [4.78, 5) is 17.5. The van der Waals surface area contributed by atoms with E-state index in [0.29, 0.717) is 30.9 Å². The topological polar surface area (TPSA) is 74.6 Å². The van der Waals surface area contributed by atoms with Crippen LogP contribution in [0.3, 0.4) is 0 Å². The summed E-state index contributed by atoms with van der Waals surface area (Å²) in [5.74, 6) is 2.86. The Balaban J connectivity index is 1.35. The molecule has 1 N–H and O–H groups in total. The Morgan fingerprint density at radius 2 is 1.54 bits per heavy atom. The highest BCUT2D eigenvalue weighted by atomic mass is 16.5. The number of aromatic nitrogens is 2. The normalized spacial score (nSPS) is 10.8. The first-order valence-corrected chi connectivity index (χ1v) is 11.8. The van der Waals surface area contributed by atoms with Crippen LogP contribution in [0, 0.1) is 0 Å². The first-order valence-electron chi connectivity index (χ1n) is 11.8. The molecule has 0 radical (unpaired) electrons. The number of unbranched alkanes of at least 4 members (excludes halogenated alkanes) is 1. The predicted molar refractivity (Wildman–Crippen MR) is 136 cm³/mol. The summed E-state index contributed by atoms with van der Waals surface area (Å²) < 4.78 is 18.8. The van der Waals surface area contributed by atoms with E-state index in [1.54, 1.807) is 26.4 Å². The first kappa shape index (κ1) is 24.1. The molecule has 7 heteroatoms. The third-order valence-electron chi connectivity index (χ3n) is 5.82. The van der Waals surface area contributed by atoms with Gasteiger partial charge in [0.25, 0.3) is 5.91 Å². The summed E-state index contributed by atoms with van der Waals surface area (Å²) in [6.45, 7) is 1.92. The fraction of sp³-hybridized carbons (Fsp3) is 0.286. The largest absolute Gasteiger partial charge is 0.496 e. The number of aryl methyl sites for hydroxylation is 1. The molecule has 1 amide bonds. The highest BCUT2D eigenvalue weighted by molar-refractivity contribution is 5.96. The summed E-state index contributed by atoms with van der Waals surface area (Å²) in [7, 11) is 3.21. The van der Waals surface area contributed by atoms with Crippen molar-refractivity contribution in [3.8, 4) is 17.2 Å². The third kappa shape index (κ3) is 5.93. The average Bonchev–Trinajstić information content (AvgIpc) is 3.25. The number of carbonyl (C=O) groups excluding carboxylic acids is 1. The van der Waals surface area contributed by atoms with Gasteiger partial charge >= 0.3 is 0 Å². The Hall–Kier alpha value is -4.00. The molecular formula is C28H31N3O4. The molecule has 0 saturated heterocycles. The molecule has 0 aliphatic rings. The lowest BCUT2D eigenvalue weighted by Crippen LogP contribution is -2.27. The van der Waals surface area contributed by atoms with Gasteiger partial charge < -0.3 is 24.1 Å². The monoisotopic (exact) mass is 473 g/mol. The van der Waals surface area contributed by atoms with E-state index in [0.717, 1.165) is 47.7 Å². The van der Waals surface area contributed by atoms with E-state index in [1.165, 1.54) is 0 Å². The van der Waals surface area contributed by atoms with Gasteiger partial charge in [-0.25, -0.2) is 4.98 Å². The quantitative estimate of drug-likeness (QED) is 0.297. The first-order chi connectivity index (χ1) is 17.2. The number of rotatable bonds is 12. The third-order valence-corrected chi connectivity index (χ3v) is 5.82. The van der Waals surface area contributed by atoms with Crippen molar-refractivity contribution in [2.24, 2.45) is 0 Å². The van der Waals surface area contributed by atoms with Gasteiger partial charge in [0.05, 0.1) is 37.4 Å². The Morgan fingerprint density at radius 3 is 2.34 bits per heavy atom. The zero-order valence-corrected chi connectivity index (χ0v) is 20.2. The van der Waals surface area contributed by atoms with Crippen molar-refractivity contribution < 1.29 is 19.0 Å². The lowest BCUT2D eigenvalue weighted by molar-refractivity contribution is 0.0951. The highest BCUT2D eigenvalue weighted by Crippen LogP contribution is 2.26. The maximum absolute atomic E-state index is 12.6. The zero-order valence-electron chi connectivity index (χ0n) is 20.2. The van der Waals surface area contributed by atoms with Crippen LogP contribution in [-0.2, 0) is 13.0 Å². The van der Waals surface area contributed by atoms with Crippen molar-refractivity contribution >= 4 is 16.9 Å². The van der Waals surface area contributed by atoms with Crippen LogP contribution in [-0.4, -0.2) is 42.8 Å². The number of hydrogen-bond donors (Lipinski definition) is 1. The van der Waals surface area contributed by atoms with Crippen molar-refractivity contribution in [1.82, 2.24) is 14.9 Å². The Kier molecular flexibility index (Phi) is 8.22. The maximum atomic E-state index is 12.6. The summed E-state index contributed by atoms with van der Waals surface area (Å²) in [5, 5.41) is 2.99. The number of hydrogen-bond acceptors (Lipinski definition) is 5. The number of ether oxygens (including phenoxy) is 3. The summed E-state index contributed by atoms with van der Waals surface area (Å²) in [5.41, 5.74) is 2.59. The van der Waals surface area contributed by atoms with Crippen LogP contribution in [0.2, 0.25) is 0 Å². The van der Waals surface area contributed by atoms with Crippen molar-refractivity contribution in [3.05, 3.63) is 84.2 Å². The lowest BCUT2D eigenvalue weighted by atomic mass is 10.2. The highest BCUT2D eigenvalue weighted by Gasteiger charge is 2.13. The molecule has 1 aromatic heterocycles.